The van der Waals surface area contributed by atoms with E-state index >= 15 is 0 Å². The Kier molecular flexibility index (Phi) is 5.48. The maximum Gasteiger partial charge on any atom is 0.191 e. The van der Waals surface area contributed by atoms with Crippen LogP contribution in [-0.4, -0.2) is 0 Å². The number of ether oxygens (including phenoxy) is 1. The maximum absolute atomic E-state index is 10.1. The van der Waals surface area contributed by atoms with E-state index < -0.39 is 11.3 Å². The van der Waals surface area contributed by atoms with Crippen molar-refractivity contribution in [3.8, 4) is 24.0 Å². The lowest BCUT2D eigenvalue weighted by atomic mass is 9.57. The average Bonchev–Trinajstić information content (AvgIpc) is 2.83. The van der Waals surface area contributed by atoms with Crippen LogP contribution in [0.25, 0.3) is 0 Å². The van der Waals surface area contributed by atoms with Crippen LogP contribution in [0.3, 0.4) is 0 Å². The molecule has 2 aromatic carbocycles. The third kappa shape index (κ3) is 3.43. The van der Waals surface area contributed by atoms with E-state index in [1.807, 2.05) is 60.7 Å². The number of rotatable bonds is 4. The predicted octanol–water partition coefficient (Wildman–Crippen LogP) is 4.86. The SMILES string of the molecule is N#CC1=C(N)C(C#N)(C#N)C(c2cccc(OCc3ccccc3)c2)C2CCCC=C12. The van der Waals surface area contributed by atoms with Crippen molar-refractivity contribution >= 4 is 0 Å². The van der Waals surface area contributed by atoms with E-state index in [1.54, 1.807) is 0 Å². The summed E-state index contributed by atoms with van der Waals surface area (Å²) in [4.78, 5) is 0. The summed E-state index contributed by atoms with van der Waals surface area (Å²) in [6, 6.07) is 23.9. The Balaban J connectivity index is 1.77. The quantitative estimate of drug-likeness (QED) is 0.780. The summed E-state index contributed by atoms with van der Waals surface area (Å²) in [6.45, 7) is 0.422. The molecule has 2 N–H and O–H groups in total. The fourth-order valence-electron chi connectivity index (χ4n) is 4.79. The number of fused-ring (bicyclic) bond motifs is 1. The molecule has 2 aliphatic rings. The lowest BCUT2D eigenvalue weighted by Crippen LogP contribution is -2.42. The molecule has 2 aromatic rings. The summed E-state index contributed by atoms with van der Waals surface area (Å²) in [6.07, 6.45) is 4.65. The second-order valence-corrected chi connectivity index (χ2v) is 7.95. The first kappa shape index (κ1) is 20.3. The highest BCUT2D eigenvalue weighted by atomic mass is 16.5. The van der Waals surface area contributed by atoms with E-state index in [0.717, 1.165) is 36.0 Å². The van der Waals surface area contributed by atoms with E-state index in [0.29, 0.717) is 17.9 Å². The van der Waals surface area contributed by atoms with Crippen LogP contribution in [0.4, 0.5) is 0 Å². The molecule has 0 saturated carbocycles. The van der Waals surface area contributed by atoms with Crippen LogP contribution in [0.15, 0.2) is 77.5 Å². The zero-order valence-corrected chi connectivity index (χ0v) is 17.1. The van der Waals surface area contributed by atoms with Gasteiger partial charge in [-0.2, -0.15) is 15.8 Å². The maximum atomic E-state index is 10.1. The van der Waals surface area contributed by atoms with Crippen molar-refractivity contribution in [2.45, 2.75) is 31.8 Å². The molecule has 0 fully saturated rings. The third-order valence-corrected chi connectivity index (χ3v) is 6.26. The second kappa shape index (κ2) is 8.39. The first-order valence-electron chi connectivity index (χ1n) is 10.3. The van der Waals surface area contributed by atoms with Gasteiger partial charge in [-0.25, -0.2) is 0 Å². The Bertz CT molecular complexity index is 1160. The van der Waals surface area contributed by atoms with Crippen molar-refractivity contribution in [1.29, 1.82) is 15.8 Å². The minimum Gasteiger partial charge on any atom is -0.489 e. The van der Waals surface area contributed by atoms with Crippen molar-refractivity contribution < 1.29 is 4.74 Å². The summed E-state index contributed by atoms with van der Waals surface area (Å²) in [5.41, 5.74) is 7.84. The van der Waals surface area contributed by atoms with Crippen molar-refractivity contribution in [2.75, 3.05) is 0 Å². The van der Waals surface area contributed by atoms with Gasteiger partial charge in [0.05, 0.1) is 23.4 Å². The van der Waals surface area contributed by atoms with E-state index in [4.69, 9.17) is 10.5 Å². The van der Waals surface area contributed by atoms with Crippen LogP contribution >= 0.6 is 0 Å². The molecule has 0 heterocycles. The number of hydrogen-bond acceptors (Lipinski definition) is 5. The zero-order chi connectivity index (χ0) is 21.8. The molecule has 31 heavy (non-hydrogen) atoms. The number of nitriles is 3. The van der Waals surface area contributed by atoms with E-state index in [1.165, 1.54) is 0 Å². The minimum absolute atomic E-state index is 0.0602. The smallest absolute Gasteiger partial charge is 0.191 e. The van der Waals surface area contributed by atoms with Crippen LogP contribution in [0.5, 0.6) is 5.75 Å². The number of nitrogens with two attached hydrogens (primary N) is 1. The van der Waals surface area contributed by atoms with Crippen LogP contribution in [0, 0.1) is 45.3 Å². The van der Waals surface area contributed by atoms with Crippen LogP contribution < -0.4 is 10.5 Å². The molecule has 152 valence electrons. The Morgan fingerprint density at radius 3 is 2.52 bits per heavy atom. The molecule has 5 heteroatoms. The van der Waals surface area contributed by atoms with Crippen LogP contribution in [0.1, 0.15) is 36.3 Å². The van der Waals surface area contributed by atoms with Crippen molar-refractivity contribution in [2.24, 2.45) is 17.1 Å². The highest BCUT2D eigenvalue weighted by Gasteiger charge is 2.53. The lowest BCUT2D eigenvalue weighted by molar-refractivity contribution is 0.299. The summed E-state index contributed by atoms with van der Waals surface area (Å²) in [5.74, 6) is 0.0897. The first-order chi connectivity index (χ1) is 15.1. The van der Waals surface area contributed by atoms with Crippen molar-refractivity contribution in [3.05, 3.63) is 88.6 Å². The molecule has 0 radical (unpaired) electrons. The topological polar surface area (TPSA) is 107 Å². The molecule has 2 aliphatic carbocycles. The number of nitrogens with zero attached hydrogens (tertiary/aromatic N) is 3. The predicted molar refractivity (Wildman–Crippen MR) is 116 cm³/mol. The molecule has 4 rings (SSSR count). The summed E-state index contributed by atoms with van der Waals surface area (Å²) < 4.78 is 5.99. The Labute approximate surface area is 182 Å². The van der Waals surface area contributed by atoms with Gasteiger partial charge in [-0.3, -0.25) is 0 Å². The molecule has 2 unspecified atom stereocenters. The van der Waals surface area contributed by atoms with E-state index in [2.05, 4.69) is 18.2 Å². The fraction of sp³-hybridized carbons (Fsp3) is 0.269. The van der Waals surface area contributed by atoms with Gasteiger partial charge >= 0.3 is 0 Å². The van der Waals surface area contributed by atoms with Gasteiger partial charge in [0, 0.05) is 5.92 Å². The highest BCUT2D eigenvalue weighted by Crippen LogP contribution is 2.56. The van der Waals surface area contributed by atoms with E-state index in [-0.39, 0.29) is 11.6 Å². The lowest BCUT2D eigenvalue weighted by Gasteiger charge is -2.43. The number of benzene rings is 2. The number of allylic oxidation sites excluding steroid dienone is 4. The molecular formula is C26H22N4O. The molecule has 0 amide bonds. The van der Waals surface area contributed by atoms with Crippen molar-refractivity contribution in [1.82, 2.24) is 0 Å². The first-order valence-corrected chi connectivity index (χ1v) is 10.3. The molecule has 0 spiro atoms. The van der Waals surface area contributed by atoms with Gasteiger partial charge in [-0.05, 0) is 54.0 Å². The number of hydrogen-bond donors (Lipinski definition) is 1. The highest BCUT2D eigenvalue weighted by molar-refractivity contribution is 5.59. The average molecular weight is 406 g/mol. The van der Waals surface area contributed by atoms with Crippen LogP contribution in [-0.2, 0) is 6.61 Å². The molecule has 0 bridgehead atoms. The standard InChI is InChI=1S/C26H22N4O/c27-14-23-21-11-4-5-12-22(21)24(26(16-28,17-29)25(23)30)19-9-6-10-20(13-19)31-15-18-7-2-1-3-8-18/h1-3,6-11,13,22,24H,4-5,12,15,30H2. The summed E-state index contributed by atoms with van der Waals surface area (Å²) in [7, 11) is 0. The van der Waals surface area contributed by atoms with Gasteiger partial charge in [0.1, 0.15) is 18.4 Å². The minimum atomic E-state index is -1.59. The molecular weight excluding hydrogens is 384 g/mol. The Morgan fingerprint density at radius 2 is 1.81 bits per heavy atom. The Hall–Kier alpha value is -4.01. The van der Waals surface area contributed by atoms with Crippen LogP contribution in [0.2, 0.25) is 0 Å². The molecule has 0 aliphatic heterocycles. The molecule has 0 saturated heterocycles. The van der Waals surface area contributed by atoms with Gasteiger partial charge in [-0.1, -0.05) is 48.5 Å². The molecule has 0 aromatic heterocycles. The summed E-state index contributed by atoms with van der Waals surface area (Å²) >= 11 is 0. The van der Waals surface area contributed by atoms with Gasteiger partial charge < -0.3 is 10.5 Å². The van der Waals surface area contributed by atoms with Crippen molar-refractivity contribution in [3.63, 3.8) is 0 Å². The Morgan fingerprint density at radius 1 is 1.03 bits per heavy atom. The molecule has 5 nitrogen and oxygen atoms in total. The van der Waals surface area contributed by atoms with Gasteiger partial charge in [-0.15, -0.1) is 0 Å². The van der Waals surface area contributed by atoms with Gasteiger partial charge in [0.25, 0.3) is 0 Å². The second-order valence-electron chi connectivity index (χ2n) is 7.95. The summed E-state index contributed by atoms with van der Waals surface area (Å²) in [5, 5.41) is 30.0. The van der Waals surface area contributed by atoms with Gasteiger partial charge in [0.2, 0.25) is 0 Å². The van der Waals surface area contributed by atoms with Gasteiger partial charge in [0.15, 0.2) is 5.41 Å². The van der Waals surface area contributed by atoms with E-state index in [9.17, 15) is 15.8 Å². The fourth-order valence-corrected chi connectivity index (χ4v) is 4.79. The largest absolute Gasteiger partial charge is 0.489 e. The monoisotopic (exact) mass is 406 g/mol. The third-order valence-electron chi connectivity index (χ3n) is 6.26. The molecule has 2 atom stereocenters. The zero-order valence-electron chi connectivity index (χ0n) is 17.1. The normalized spacial score (nSPS) is 21.6.